The predicted molar refractivity (Wildman–Crippen MR) is 52.3 cm³/mol. The van der Waals surface area contributed by atoms with Crippen LogP contribution in [0.5, 0.6) is 0 Å². The Morgan fingerprint density at radius 1 is 1.42 bits per heavy atom. The van der Waals surface area contributed by atoms with Crippen molar-refractivity contribution in [3.63, 3.8) is 0 Å². The molecule has 0 saturated heterocycles. The van der Waals surface area contributed by atoms with Crippen molar-refractivity contribution in [3.8, 4) is 0 Å². The van der Waals surface area contributed by atoms with Crippen molar-refractivity contribution in [2.24, 2.45) is 0 Å². The van der Waals surface area contributed by atoms with Crippen LogP contribution in [-0.2, 0) is 5.60 Å². The topological polar surface area (TPSA) is 20.2 Å². The molecule has 1 N–H and O–H groups in total. The molecule has 0 aromatic heterocycles. The molecule has 64 valence electrons. The van der Waals surface area contributed by atoms with E-state index in [0.29, 0.717) is 5.02 Å². The standard InChI is InChI=1S/C9H8BrClO/c10-6-1-2-8(11)7(5-6)9(12)3-4-9/h1-2,5,12H,3-4H2. The monoisotopic (exact) mass is 246 g/mol. The number of hydrogen-bond donors (Lipinski definition) is 1. The largest absolute Gasteiger partial charge is 0.385 e. The second-order valence-corrected chi connectivity index (χ2v) is 4.48. The summed E-state index contributed by atoms with van der Waals surface area (Å²) in [6.07, 6.45) is 1.65. The average Bonchev–Trinajstić information content (AvgIpc) is 2.75. The van der Waals surface area contributed by atoms with Crippen LogP contribution in [0.25, 0.3) is 0 Å². The molecule has 0 radical (unpaired) electrons. The van der Waals surface area contributed by atoms with Gasteiger partial charge in [0, 0.05) is 15.1 Å². The van der Waals surface area contributed by atoms with E-state index in [1.807, 2.05) is 12.1 Å². The van der Waals surface area contributed by atoms with Gasteiger partial charge < -0.3 is 5.11 Å². The highest BCUT2D eigenvalue weighted by molar-refractivity contribution is 9.10. The molecule has 1 fully saturated rings. The Morgan fingerprint density at radius 2 is 2.08 bits per heavy atom. The summed E-state index contributed by atoms with van der Waals surface area (Å²) in [5.41, 5.74) is 0.208. The van der Waals surface area contributed by atoms with Crippen LogP contribution in [0.1, 0.15) is 18.4 Å². The zero-order valence-electron chi connectivity index (χ0n) is 6.35. The molecule has 0 aliphatic heterocycles. The van der Waals surface area contributed by atoms with E-state index in [1.165, 1.54) is 0 Å². The van der Waals surface area contributed by atoms with Crippen molar-refractivity contribution >= 4 is 27.5 Å². The molecule has 12 heavy (non-hydrogen) atoms. The normalized spacial score (nSPS) is 19.2. The van der Waals surface area contributed by atoms with Crippen LogP contribution in [0, 0.1) is 0 Å². The summed E-state index contributed by atoms with van der Waals surface area (Å²) in [6.45, 7) is 0. The Balaban J connectivity index is 2.48. The lowest BCUT2D eigenvalue weighted by Crippen LogP contribution is -2.04. The Bertz CT molecular complexity index is 320. The first-order valence-corrected chi connectivity index (χ1v) is 4.97. The first kappa shape index (κ1) is 8.54. The minimum Gasteiger partial charge on any atom is -0.385 e. The number of rotatable bonds is 1. The van der Waals surface area contributed by atoms with E-state index in [-0.39, 0.29) is 0 Å². The Hall–Kier alpha value is -0.0500. The molecule has 3 heteroatoms. The minimum absolute atomic E-state index is 0.638. The number of hydrogen-bond acceptors (Lipinski definition) is 1. The molecular formula is C9H8BrClO. The highest BCUT2D eigenvalue weighted by Crippen LogP contribution is 2.48. The van der Waals surface area contributed by atoms with Gasteiger partial charge in [0.25, 0.3) is 0 Å². The van der Waals surface area contributed by atoms with Crippen molar-refractivity contribution in [2.45, 2.75) is 18.4 Å². The van der Waals surface area contributed by atoms with Crippen LogP contribution in [0.15, 0.2) is 22.7 Å². The molecule has 0 amide bonds. The average molecular weight is 248 g/mol. The summed E-state index contributed by atoms with van der Waals surface area (Å²) in [6, 6.07) is 5.56. The van der Waals surface area contributed by atoms with Gasteiger partial charge in [-0.2, -0.15) is 0 Å². The van der Waals surface area contributed by atoms with Gasteiger partial charge >= 0.3 is 0 Å². The van der Waals surface area contributed by atoms with Crippen LogP contribution >= 0.6 is 27.5 Å². The quantitative estimate of drug-likeness (QED) is 0.808. The smallest absolute Gasteiger partial charge is 0.0913 e. The van der Waals surface area contributed by atoms with E-state index in [9.17, 15) is 5.11 Å². The molecule has 1 nitrogen and oxygen atoms in total. The molecule has 0 spiro atoms. The zero-order chi connectivity index (χ0) is 8.77. The molecular weight excluding hydrogens is 239 g/mol. The second-order valence-electron chi connectivity index (χ2n) is 3.16. The maximum Gasteiger partial charge on any atom is 0.0913 e. The SMILES string of the molecule is OC1(c2cc(Br)ccc2Cl)CC1. The fraction of sp³-hybridized carbons (Fsp3) is 0.333. The van der Waals surface area contributed by atoms with Gasteiger partial charge in [-0.15, -0.1) is 0 Å². The van der Waals surface area contributed by atoms with Crippen molar-refractivity contribution in [1.29, 1.82) is 0 Å². The molecule has 2 rings (SSSR count). The molecule has 1 aliphatic carbocycles. The minimum atomic E-state index is -0.638. The third kappa shape index (κ3) is 1.39. The second kappa shape index (κ2) is 2.72. The Morgan fingerprint density at radius 3 is 2.67 bits per heavy atom. The van der Waals surface area contributed by atoms with Crippen molar-refractivity contribution in [2.75, 3.05) is 0 Å². The highest BCUT2D eigenvalue weighted by Gasteiger charge is 2.43. The van der Waals surface area contributed by atoms with Gasteiger partial charge in [0.15, 0.2) is 0 Å². The van der Waals surface area contributed by atoms with Gasteiger partial charge in [-0.1, -0.05) is 27.5 Å². The van der Waals surface area contributed by atoms with Crippen LogP contribution in [0.3, 0.4) is 0 Å². The summed E-state index contributed by atoms with van der Waals surface area (Å²) in [5.74, 6) is 0. The van der Waals surface area contributed by atoms with Gasteiger partial charge in [-0.3, -0.25) is 0 Å². The van der Waals surface area contributed by atoms with Crippen LogP contribution < -0.4 is 0 Å². The Labute approximate surface area is 84.5 Å². The fourth-order valence-corrected chi connectivity index (χ4v) is 1.90. The third-order valence-electron chi connectivity index (χ3n) is 2.15. The van der Waals surface area contributed by atoms with Crippen LogP contribution in [0.4, 0.5) is 0 Å². The highest BCUT2D eigenvalue weighted by atomic mass is 79.9. The maximum atomic E-state index is 9.80. The van der Waals surface area contributed by atoms with Gasteiger partial charge in [-0.25, -0.2) is 0 Å². The van der Waals surface area contributed by atoms with Gasteiger partial charge in [0.1, 0.15) is 0 Å². The summed E-state index contributed by atoms with van der Waals surface area (Å²) < 4.78 is 0.960. The summed E-state index contributed by atoms with van der Waals surface area (Å²) in [5, 5.41) is 10.5. The predicted octanol–water partition coefficient (Wildman–Crippen LogP) is 3.08. The molecule has 1 aromatic carbocycles. The molecule has 1 aromatic rings. The lowest BCUT2D eigenvalue weighted by Gasteiger charge is -2.10. The van der Waals surface area contributed by atoms with Crippen molar-refractivity contribution < 1.29 is 5.11 Å². The summed E-state index contributed by atoms with van der Waals surface area (Å²) >= 11 is 9.29. The van der Waals surface area contributed by atoms with Crippen LogP contribution in [-0.4, -0.2) is 5.11 Å². The van der Waals surface area contributed by atoms with E-state index in [1.54, 1.807) is 6.07 Å². The first-order valence-electron chi connectivity index (χ1n) is 3.80. The molecule has 0 atom stereocenters. The number of benzene rings is 1. The van der Waals surface area contributed by atoms with E-state index in [4.69, 9.17) is 11.6 Å². The molecule has 0 heterocycles. The molecule has 0 unspecified atom stereocenters. The van der Waals surface area contributed by atoms with Crippen molar-refractivity contribution in [3.05, 3.63) is 33.3 Å². The summed E-state index contributed by atoms with van der Waals surface area (Å²) in [7, 11) is 0. The zero-order valence-corrected chi connectivity index (χ0v) is 8.69. The summed E-state index contributed by atoms with van der Waals surface area (Å²) in [4.78, 5) is 0. The van der Waals surface area contributed by atoms with Gasteiger partial charge in [0.2, 0.25) is 0 Å². The first-order chi connectivity index (χ1) is 5.62. The van der Waals surface area contributed by atoms with Crippen LogP contribution in [0.2, 0.25) is 5.02 Å². The fourth-order valence-electron chi connectivity index (χ4n) is 1.24. The Kier molecular flexibility index (Phi) is 1.94. The third-order valence-corrected chi connectivity index (χ3v) is 2.98. The number of halogens is 2. The lowest BCUT2D eigenvalue weighted by atomic mass is 10.1. The lowest BCUT2D eigenvalue weighted by molar-refractivity contribution is 0.151. The maximum absolute atomic E-state index is 9.80. The van der Waals surface area contributed by atoms with E-state index in [2.05, 4.69) is 15.9 Å². The van der Waals surface area contributed by atoms with Crippen molar-refractivity contribution in [1.82, 2.24) is 0 Å². The van der Waals surface area contributed by atoms with E-state index in [0.717, 1.165) is 22.9 Å². The van der Waals surface area contributed by atoms with E-state index >= 15 is 0 Å². The van der Waals surface area contributed by atoms with Gasteiger partial charge in [-0.05, 0) is 31.0 Å². The molecule has 1 aliphatic rings. The van der Waals surface area contributed by atoms with Gasteiger partial charge in [0.05, 0.1) is 5.60 Å². The van der Waals surface area contributed by atoms with E-state index < -0.39 is 5.60 Å². The molecule has 0 bridgehead atoms. The molecule has 1 saturated carbocycles. The number of aliphatic hydroxyl groups is 1.